The summed E-state index contributed by atoms with van der Waals surface area (Å²) in [6, 6.07) is 3.68. The van der Waals surface area contributed by atoms with Crippen LogP contribution in [0, 0.1) is 5.92 Å². The van der Waals surface area contributed by atoms with E-state index in [1.165, 1.54) is 18.2 Å². The van der Waals surface area contributed by atoms with Crippen LogP contribution in [0.5, 0.6) is 0 Å². The molecule has 0 bridgehead atoms. The van der Waals surface area contributed by atoms with Gasteiger partial charge in [0, 0.05) is 6.04 Å². The minimum absolute atomic E-state index is 0.0233. The molecule has 7 heteroatoms. The SMILES string of the molecule is CC(C)CCC[C@@H](C)NC(=O)CSc1nnc(-c2ccco2)o1. The first-order valence-corrected chi connectivity index (χ1v) is 8.82. The lowest BCUT2D eigenvalue weighted by Crippen LogP contribution is -2.33. The van der Waals surface area contributed by atoms with E-state index < -0.39 is 0 Å². The van der Waals surface area contributed by atoms with Gasteiger partial charge in [-0.2, -0.15) is 0 Å². The Morgan fingerprint density at radius 2 is 2.13 bits per heavy atom. The van der Waals surface area contributed by atoms with Crippen LogP contribution in [0.4, 0.5) is 0 Å². The maximum Gasteiger partial charge on any atom is 0.284 e. The Kier molecular flexibility index (Phi) is 6.70. The Morgan fingerprint density at radius 3 is 2.83 bits per heavy atom. The molecule has 0 aromatic carbocycles. The van der Waals surface area contributed by atoms with Crippen molar-refractivity contribution in [2.75, 3.05) is 5.75 Å². The molecule has 2 heterocycles. The second-order valence-electron chi connectivity index (χ2n) is 5.93. The van der Waals surface area contributed by atoms with Crippen molar-refractivity contribution in [3.8, 4) is 11.7 Å². The predicted molar refractivity (Wildman–Crippen MR) is 89.0 cm³/mol. The molecular formula is C16H23N3O3S. The monoisotopic (exact) mass is 337 g/mol. The summed E-state index contributed by atoms with van der Waals surface area (Å²) < 4.78 is 10.6. The summed E-state index contributed by atoms with van der Waals surface area (Å²) in [6.45, 7) is 6.45. The average molecular weight is 337 g/mol. The third-order valence-electron chi connectivity index (χ3n) is 3.29. The maximum absolute atomic E-state index is 11.9. The zero-order valence-corrected chi connectivity index (χ0v) is 14.6. The number of carbonyl (C=O) groups excluding carboxylic acids is 1. The molecule has 0 spiro atoms. The smallest absolute Gasteiger partial charge is 0.284 e. The number of nitrogens with zero attached hydrogens (tertiary/aromatic N) is 2. The van der Waals surface area contributed by atoms with Crippen LogP contribution >= 0.6 is 11.8 Å². The quantitative estimate of drug-likeness (QED) is 0.702. The van der Waals surface area contributed by atoms with Crippen molar-refractivity contribution in [3.05, 3.63) is 18.4 Å². The molecule has 1 N–H and O–H groups in total. The van der Waals surface area contributed by atoms with Crippen LogP contribution in [0.25, 0.3) is 11.7 Å². The Bertz CT molecular complexity index is 595. The zero-order valence-electron chi connectivity index (χ0n) is 13.7. The lowest BCUT2D eigenvalue weighted by atomic mass is 10.0. The molecule has 0 saturated heterocycles. The van der Waals surface area contributed by atoms with E-state index in [4.69, 9.17) is 8.83 Å². The molecule has 6 nitrogen and oxygen atoms in total. The molecule has 1 amide bonds. The molecular weight excluding hydrogens is 314 g/mol. The summed E-state index contributed by atoms with van der Waals surface area (Å²) >= 11 is 1.22. The van der Waals surface area contributed by atoms with Gasteiger partial charge in [-0.3, -0.25) is 4.79 Å². The molecule has 2 rings (SSSR count). The van der Waals surface area contributed by atoms with Gasteiger partial charge < -0.3 is 14.2 Å². The third-order valence-corrected chi connectivity index (χ3v) is 4.11. The molecule has 0 radical (unpaired) electrons. The first-order chi connectivity index (χ1) is 11.0. The Hall–Kier alpha value is -1.76. The van der Waals surface area contributed by atoms with Gasteiger partial charge in [-0.15, -0.1) is 10.2 Å². The second kappa shape index (κ2) is 8.76. The molecule has 0 fully saturated rings. The van der Waals surface area contributed by atoms with E-state index in [1.807, 2.05) is 6.92 Å². The lowest BCUT2D eigenvalue weighted by molar-refractivity contribution is -0.119. The van der Waals surface area contributed by atoms with Gasteiger partial charge in [0.25, 0.3) is 11.1 Å². The number of thioether (sulfide) groups is 1. The molecule has 0 aliphatic heterocycles. The highest BCUT2D eigenvalue weighted by Crippen LogP contribution is 2.23. The number of rotatable bonds is 9. The summed E-state index contributed by atoms with van der Waals surface area (Å²) in [7, 11) is 0. The first kappa shape index (κ1) is 17.6. The van der Waals surface area contributed by atoms with Gasteiger partial charge in [0.05, 0.1) is 12.0 Å². The third kappa shape index (κ3) is 6.09. The number of furan rings is 1. The lowest BCUT2D eigenvalue weighted by Gasteiger charge is -2.14. The van der Waals surface area contributed by atoms with Gasteiger partial charge >= 0.3 is 0 Å². The van der Waals surface area contributed by atoms with Crippen molar-refractivity contribution in [3.63, 3.8) is 0 Å². The number of hydrogen-bond acceptors (Lipinski definition) is 6. The first-order valence-electron chi connectivity index (χ1n) is 7.84. The molecule has 23 heavy (non-hydrogen) atoms. The predicted octanol–water partition coefficient (Wildman–Crippen LogP) is 3.75. The largest absolute Gasteiger partial charge is 0.459 e. The van der Waals surface area contributed by atoms with Gasteiger partial charge in [-0.25, -0.2) is 0 Å². The van der Waals surface area contributed by atoms with Gasteiger partial charge in [0.15, 0.2) is 5.76 Å². The topological polar surface area (TPSA) is 81.2 Å². The minimum Gasteiger partial charge on any atom is -0.459 e. The molecule has 0 saturated carbocycles. The van der Waals surface area contributed by atoms with E-state index >= 15 is 0 Å². The van der Waals surface area contributed by atoms with E-state index in [9.17, 15) is 4.79 Å². The van der Waals surface area contributed by atoms with Crippen molar-refractivity contribution in [2.45, 2.75) is 51.3 Å². The fourth-order valence-corrected chi connectivity index (χ4v) is 2.69. The van der Waals surface area contributed by atoms with E-state index in [1.54, 1.807) is 18.4 Å². The minimum atomic E-state index is -0.0233. The van der Waals surface area contributed by atoms with Crippen molar-refractivity contribution in [2.24, 2.45) is 5.92 Å². The van der Waals surface area contributed by atoms with E-state index in [-0.39, 0.29) is 17.7 Å². The standard InChI is InChI=1S/C16H23N3O3S/c1-11(2)6-4-7-12(3)17-14(20)10-23-16-19-18-15(22-16)13-8-5-9-21-13/h5,8-9,11-12H,4,6-7,10H2,1-3H3,(H,17,20)/t12-/m1/s1. The molecule has 2 aromatic rings. The van der Waals surface area contributed by atoms with Gasteiger partial charge in [0.2, 0.25) is 5.91 Å². The average Bonchev–Trinajstić information content (AvgIpc) is 3.15. The Labute approximate surface area is 140 Å². The summed E-state index contributed by atoms with van der Waals surface area (Å²) in [5.41, 5.74) is 0. The van der Waals surface area contributed by atoms with Gasteiger partial charge in [-0.1, -0.05) is 38.5 Å². The molecule has 126 valence electrons. The van der Waals surface area contributed by atoms with Crippen molar-refractivity contribution < 1.29 is 13.6 Å². The summed E-state index contributed by atoms with van der Waals surface area (Å²) in [5, 5.41) is 11.1. The summed E-state index contributed by atoms with van der Waals surface area (Å²) in [4.78, 5) is 11.9. The van der Waals surface area contributed by atoms with Gasteiger partial charge in [0.1, 0.15) is 0 Å². The highest BCUT2D eigenvalue weighted by atomic mass is 32.2. The highest BCUT2D eigenvalue weighted by Gasteiger charge is 2.13. The second-order valence-corrected chi connectivity index (χ2v) is 6.86. The fraction of sp³-hybridized carbons (Fsp3) is 0.562. The van der Waals surface area contributed by atoms with Crippen LogP contribution in [0.3, 0.4) is 0 Å². The number of hydrogen-bond donors (Lipinski definition) is 1. The van der Waals surface area contributed by atoms with Crippen LogP contribution in [-0.2, 0) is 4.79 Å². The molecule has 1 atom stereocenters. The number of amides is 1. The number of aromatic nitrogens is 2. The Balaban J connectivity index is 1.70. The van der Waals surface area contributed by atoms with Crippen molar-refractivity contribution in [1.82, 2.24) is 15.5 Å². The van der Waals surface area contributed by atoms with E-state index in [0.29, 0.717) is 22.8 Å². The molecule has 0 unspecified atom stereocenters. The normalized spacial score (nSPS) is 12.5. The summed E-state index contributed by atoms with van der Waals surface area (Å²) in [5.74, 6) is 1.78. The molecule has 0 aliphatic carbocycles. The van der Waals surface area contributed by atoms with E-state index in [0.717, 1.165) is 12.8 Å². The fourth-order valence-electron chi connectivity index (χ4n) is 2.12. The zero-order chi connectivity index (χ0) is 16.7. The van der Waals surface area contributed by atoms with Crippen molar-refractivity contribution in [1.29, 1.82) is 0 Å². The van der Waals surface area contributed by atoms with Crippen LogP contribution in [0.2, 0.25) is 0 Å². The molecule has 0 aliphatic rings. The van der Waals surface area contributed by atoms with E-state index in [2.05, 4.69) is 29.4 Å². The van der Waals surface area contributed by atoms with Crippen LogP contribution in [0.1, 0.15) is 40.0 Å². The molecule has 2 aromatic heterocycles. The van der Waals surface area contributed by atoms with Gasteiger partial charge in [-0.05, 0) is 31.4 Å². The van der Waals surface area contributed by atoms with Crippen LogP contribution < -0.4 is 5.32 Å². The number of carbonyl (C=O) groups is 1. The highest BCUT2D eigenvalue weighted by molar-refractivity contribution is 7.99. The Morgan fingerprint density at radius 1 is 1.30 bits per heavy atom. The maximum atomic E-state index is 11.9. The van der Waals surface area contributed by atoms with Crippen molar-refractivity contribution >= 4 is 17.7 Å². The number of nitrogens with one attached hydrogen (secondary N) is 1. The van der Waals surface area contributed by atoms with Crippen LogP contribution in [0.15, 0.2) is 32.5 Å². The summed E-state index contributed by atoms with van der Waals surface area (Å²) in [6.07, 6.45) is 4.85. The van der Waals surface area contributed by atoms with Crippen LogP contribution in [-0.4, -0.2) is 27.9 Å².